The lowest BCUT2D eigenvalue weighted by Gasteiger charge is -2.16. The number of amides is 1. The molecule has 1 aromatic heterocycles. The van der Waals surface area contributed by atoms with Crippen LogP contribution in [-0.2, 0) is 16.1 Å². The maximum absolute atomic E-state index is 13.5. The Morgan fingerprint density at radius 2 is 1.97 bits per heavy atom. The van der Waals surface area contributed by atoms with E-state index in [4.69, 9.17) is 16.3 Å². The van der Waals surface area contributed by atoms with Gasteiger partial charge < -0.3 is 10.1 Å². The second kappa shape index (κ2) is 11.5. The number of carbonyl (C=O) groups excluding carboxylic acids is 2. The first kappa shape index (κ1) is 27.5. The highest BCUT2D eigenvalue weighted by molar-refractivity contribution is 7.07. The van der Waals surface area contributed by atoms with Crippen LogP contribution < -0.4 is 20.1 Å². The molecule has 0 aliphatic carbocycles. The molecule has 1 aliphatic heterocycles. The Labute approximate surface area is 229 Å². The van der Waals surface area contributed by atoms with Crippen LogP contribution in [0.5, 0.6) is 0 Å². The molecular weight excluding hydrogens is 522 g/mol. The summed E-state index contributed by atoms with van der Waals surface area (Å²) >= 11 is 7.03. The number of anilines is 1. The Kier molecular flexibility index (Phi) is 8.32. The lowest BCUT2D eigenvalue weighted by molar-refractivity contribution is -0.120. The number of carbonyl (C=O) groups is 2. The standard InChI is InChI=1S/C29H28ClN3O4S/c1-29(2,3)25(34)23(16-31)28-33(17-22-8-5-13-37-22)27(36)24(38-28)15-18-6-4-7-21(14-18)32-26(35)19-9-11-20(30)12-10-19/h4,6-7,9-12,14-15,22H,5,8,13,17H2,1-3H3,(H,32,35)/b24-15-,28-23-/t22-/m0/s1. The fourth-order valence-corrected chi connectivity index (χ4v) is 5.33. The van der Waals surface area contributed by atoms with E-state index in [9.17, 15) is 19.6 Å². The third-order valence-corrected chi connectivity index (χ3v) is 7.48. The molecule has 1 fully saturated rings. The summed E-state index contributed by atoms with van der Waals surface area (Å²) in [5.41, 5.74) is 0.620. The number of hydrogen-bond donors (Lipinski definition) is 1. The Morgan fingerprint density at radius 1 is 1.24 bits per heavy atom. The zero-order valence-electron chi connectivity index (χ0n) is 21.4. The van der Waals surface area contributed by atoms with Gasteiger partial charge in [0, 0.05) is 28.3 Å². The van der Waals surface area contributed by atoms with Crippen LogP contribution in [0.3, 0.4) is 0 Å². The number of nitriles is 1. The fourth-order valence-electron chi connectivity index (χ4n) is 4.10. The van der Waals surface area contributed by atoms with Gasteiger partial charge in [0.1, 0.15) is 16.3 Å². The van der Waals surface area contributed by atoms with Crippen LogP contribution >= 0.6 is 22.9 Å². The predicted octanol–water partition coefficient (Wildman–Crippen LogP) is 4.11. The number of benzene rings is 2. The van der Waals surface area contributed by atoms with Crippen LogP contribution in [0.1, 0.15) is 49.5 Å². The highest BCUT2D eigenvalue weighted by Gasteiger charge is 2.28. The number of halogens is 1. The number of thiazole rings is 1. The van der Waals surface area contributed by atoms with E-state index in [1.807, 2.05) is 6.07 Å². The van der Waals surface area contributed by atoms with Gasteiger partial charge in [-0.3, -0.25) is 19.0 Å². The molecule has 2 aromatic carbocycles. The van der Waals surface area contributed by atoms with Gasteiger partial charge in [-0.2, -0.15) is 5.26 Å². The number of Topliss-reactive ketones (excluding diaryl/α,β-unsaturated/α-hetero) is 1. The Hall–Kier alpha value is -3.51. The second-order valence-electron chi connectivity index (χ2n) is 10.1. The molecule has 196 valence electrons. The molecule has 1 N–H and O–H groups in total. The molecule has 1 saturated heterocycles. The first-order chi connectivity index (χ1) is 18.1. The zero-order valence-corrected chi connectivity index (χ0v) is 23.0. The van der Waals surface area contributed by atoms with E-state index in [-0.39, 0.29) is 35.5 Å². The van der Waals surface area contributed by atoms with Crippen molar-refractivity contribution in [1.29, 1.82) is 5.26 Å². The number of ketones is 1. The summed E-state index contributed by atoms with van der Waals surface area (Å²) in [6.07, 6.45) is 3.27. The zero-order chi connectivity index (χ0) is 27.4. The summed E-state index contributed by atoms with van der Waals surface area (Å²) in [6.45, 7) is 6.15. The van der Waals surface area contributed by atoms with Gasteiger partial charge >= 0.3 is 0 Å². The predicted molar refractivity (Wildman–Crippen MR) is 150 cm³/mol. The van der Waals surface area contributed by atoms with Crippen molar-refractivity contribution in [2.75, 3.05) is 11.9 Å². The number of rotatable bonds is 6. The molecule has 38 heavy (non-hydrogen) atoms. The van der Waals surface area contributed by atoms with Crippen molar-refractivity contribution in [3.8, 4) is 6.07 Å². The monoisotopic (exact) mass is 549 g/mol. The molecule has 1 amide bonds. The first-order valence-corrected chi connectivity index (χ1v) is 13.5. The Balaban J connectivity index is 1.76. The normalized spacial score (nSPS) is 16.7. The summed E-state index contributed by atoms with van der Waals surface area (Å²) < 4.78 is 7.96. The van der Waals surface area contributed by atoms with Gasteiger partial charge in [-0.05, 0) is 60.9 Å². The number of aromatic nitrogens is 1. The molecule has 0 unspecified atom stereocenters. The van der Waals surface area contributed by atoms with E-state index in [1.54, 1.807) is 69.3 Å². The molecule has 1 aliphatic rings. The maximum atomic E-state index is 13.5. The van der Waals surface area contributed by atoms with Crippen molar-refractivity contribution in [2.45, 2.75) is 46.3 Å². The van der Waals surface area contributed by atoms with Crippen molar-refractivity contribution in [3.63, 3.8) is 0 Å². The first-order valence-electron chi connectivity index (χ1n) is 12.3. The van der Waals surface area contributed by atoms with Crippen molar-refractivity contribution in [1.82, 2.24) is 4.57 Å². The van der Waals surface area contributed by atoms with Crippen LogP contribution in [0.25, 0.3) is 11.6 Å². The van der Waals surface area contributed by atoms with Crippen LogP contribution in [0.2, 0.25) is 5.02 Å². The van der Waals surface area contributed by atoms with Crippen molar-refractivity contribution < 1.29 is 14.3 Å². The summed E-state index contributed by atoms with van der Waals surface area (Å²) in [5.74, 6) is -0.606. The second-order valence-corrected chi connectivity index (χ2v) is 11.6. The van der Waals surface area contributed by atoms with Gasteiger partial charge in [0.15, 0.2) is 5.78 Å². The summed E-state index contributed by atoms with van der Waals surface area (Å²) in [6, 6.07) is 15.7. The smallest absolute Gasteiger partial charge is 0.269 e. The van der Waals surface area contributed by atoms with E-state index in [0.29, 0.717) is 37.6 Å². The molecule has 0 radical (unpaired) electrons. The molecule has 0 saturated carbocycles. The maximum Gasteiger partial charge on any atom is 0.269 e. The molecule has 0 spiro atoms. The molecule has 0 bridgehead atoms. The van der Waals surface area contributed by atoms with Gasteiger partial charge in [0.25, 0.3) is 11.5 Å². The minimum atomic E-state index is -0.777. The molecule has 1 atom stereocenters. The average molecular weight is 550 g/mol. The van der Waals surface area contributed by atoms with Crippen LogP contribution in [0.4, 0.5) is 5.69 Å². The van der Waals surface area contributed by atoms with E-state index in [0.717, 1.165) is 24.2 Å². The van der Waals surface area contributed by atoms with Gasteiger partial charge in [-0.1, -0.05) is 44.5 Å². The van der Waals surface area contributed by atoms with Gasteiger partial charge in [-0.25, -0.2) is 0 Å². The van der Waals surface area contributed by atoms with Gasteiger partial charge in [-0.15, -0.1) is 11.3 Å². The fraction of sp³-hybridized carbons (Fsp3) is 0.310. The number of nitrogens with one attached hydrogen (secondary N) is 1. The minimum absolute atomic E-state index is 0.0266. The summed E-state index contributed by atoms with van der Waals surface area (Å²) in [5, 5.41) is 13.3. The summed E-state index contributed by atoms with van der Waals surface area (Å²) in [7, 11) is 0. The van der Waals surface area contributed by atoms with Crippen LogP contribution in [0, 0.1) is 16.7 Å². The Bertz CT molecular complexity index is 1580. The molecule has 7 nitrogen and oxygen atoms in total. The molecule has 9 heteroatoms. The summed E-state index contributed by atoms with van der Waals surface area (Å²) in [4.78, 5) is 39.2. The third kappa shape index (κ3) is 6.30. The lowest BCUT2D eigenvalue weighted by atomic mass is 9.87. The van der Waals surface area contributed by atoms with E-state index in [1.165, 1.54) is 4.57 Å². The van der Waals surface area contributed by atoms with Crippen molar-refractivity contribution in [3.05, 3.63) is 84.2 Å². The average Bonchev–Trinajstić information content (AvgIpc) is 3.49. The van der Waals surface area contributed by atoms with Crippen LogP contribution in [0.15, 0.2) is 53.3 Å². The third-order valence-electron chi connectivity index (χ3n) is 6.10. The SMILES string of the molecule is CC(C)(C)C(=O)/C(C#N)=c1\s/c(=C\c2cccc(NC(=O)c3ccc(Cl)cc3)c2)c(=O)n1C[C@@H]1CCCO1. The molecular formula is C29H28ClN3O4S. The van der Waals surface area contributed by atoms with E-state index >= 15 is 0 Å². The highest BCUT2D eigenvalue weighted by atomic mass is 35.5. The van der Waals surface area contributed by atoms with E-state index < -0.39 is 5.41 Å². The Morgan fingerprint density at radius 3 is 2.61 bits per heavy atom. The molecule has 3 aromatic rings. The number of ether oxygens (including phenoxy) is 1. The quantitative estimate of drug-likeness (QED) is 0.498. The highest BCUT2D eigenvalue weighted by Crippen LogP contribution is 2.20. The van der Waals surface area contributed by atoms with Crippen molar-refractivity contribution >= 4 is 52.0 Å². The van der Waals surface area contributed by atoms with Crippen LogP contribution in [-0.4, -0.2) is 29.0 Å². The van der Waals surface area contributed by atoms with Crippen molar-refractivity contribution in [2.24, 2.45) is 5.41 Å². The topological polar surface area (TPSA) is 101 Å². The molecule has 2 heterocycles. The molecule has 4 rings (SSSR count). The lowest BCUT2D eigenvalue weighted by Crippen LogP contribution is -2.37. The number of hydrogen-bond acceptors (Lipinski definition) is 6. The minimum Gasteiger partial charge on any atom is -0.376 e. The van der Waals surface area contributed by atoms with Gasteiger partial charge in [0.2, 0.25) is 0 Å². The largest absolute Gasteiger partial charge is 0.376 e. The van der Waals surface area contributed by atoms with Gasteiger partial charge in [0.05, 0.1) is 17.2 Å². The number of nitrogens with zero attached hydrogens (tertiary/aromatic N) is 2. The van der Waals surface area contributed by atoms with E-state index in [2.05, 4.69) is 11.4 Å².